The van der Waals surface area contributed by atoms with E-state index in [0.717, 1.165) is 11.3 Å². The van der Waals surface area contributed by atoms with Crippen molar-refractivity contribution in [1.82, 2.24) is 5.43 Å². The maximum atomic E-state index is 11.6. The molecule has 23 heavy (non-hydrogen) atoms. The van der Waals surface area contributed by atoms with Crippen molar-refractivity contribution in [3.05, 3.63) is 54.1 Å². The van der Waals surface area contributed by atoms with E-state index in [1.807, 2.05) is 43.3 Å². The minimum atomic E-state index is -0.408. The molecule has 0 atom stereocenters. The summed E-state index contributed by atoms with van der Waals surface area (Å²) in [5, 5.41) is 13.4. The Morgan fingerprint density at radius 3 is 2.57 bits per heavy atom. The van der Waals surface area contributed by atoms with E-state index < -0.39 is 5.91 Å². The highest BCUT2D eigenvalue weighted by atomic mass is 16.5. The van der Waals surface area contributed by atoms with Crippen LogP contribution in [0.1, 0.15) is 5.56 Å². The van der Waals surface area contributed by atoms with Gasteiger partial charge in [-0.15, -0.1) is 0 Å². The number of nitrogens with zero attached hydrogens (tertiary/aromatic N) is 2. The Bertz CT molecular complexity index is 682. The van der Waals surface area contributed by atoms with Crippen molar-refractivity contribution in [2.75, 3.05) is 25.6 Å². The number of hydrazone groups is 1. The molecule has 0 unspecified atom stereocenters. The molecule has 2 rings (SSSR count). The second kappa shape index (κ2) is 7.84. The van der Waals surface area contributed by atoms with E-state index in [0.29, 0.717) is 0 Å². The van der Waals surface area contributed by atoms with Gasteiger partial charge in [0, 0.05) is 19.8 Å². The van der Waals surface area contributed by atoms with Crippen LogP contribution in [-0.2, 0) is 4.79 Å². The van der Waals surface area contributed by atoms with Gasteiger partial charge in [-0.1, -0.05) is 24.3 Å². The van der Waals surface area contributed by atoms with Crippen LogP contribution in [0.25, 0.3) is 0 Å². The fraction of sp³-hybridized carbons (Fsp3) is 0.176. The number of phenols is 1. The van der Waals surface area contributed by atoms with Gasteiger partial charge >= 0.3 is 0 Å². The quantitative estimate of drug-likeness (QED) is 0.632. The number of anilines is 1. The number of carbonyl (C=O) groups excluding carboxylic acids is 1. The Hall–Kier alpha value is -3.02. The van der Waals surface area contributed by atoms with Crippen LogP contribution < -0.4 is 15.1 Å². The van der Waals surface area contributed by atoms with Gasteiger partial charge in [0.25, 0.3) is 5.91 Å². The monoisotopic (exact) mass is 313 g/mol. The van der Waals surface area contributed by atoms with Crippen LogP contribution in [0.4, 0.5) is 5.69 Å². The molecule has 0 fully saturated rings. The number of para-hydroxylation sites is 2. The summed E-state index contributed by atoms with van der Waals surface area (Å²) in [6, 6.07) is 14.2. The molecular formula is C17H19N3O3. The first-order valence-corrected chi connectivity index (χ1v) is 7.06. The van der Waals surface area contributed by atoms with Crippen LogP contribution in [0.2, 0.25) is 0 Å². The van der Waals surface area contributed by atoms with Gasteiger partial charge in [0.05, 0.1) is 6.21 Å². The summed E-state index contributed by atoms with van der Waals surface area (Å²) in [6.45, 7) is -0.228. The Morgan fingerprint density at radius 2 is 1.91 bits per heavy atom. The van der Waals surface area contributed by atoms with Crippen molar-refractivity contribution in [2.45, 2.75) is 0 Å². The van der Waals surface area contributed by atoms with E-state index in [1.54, 1.807) is 24.4 Å². The van der Waals surface area contributed by atoms with Crippen LogP contribution in [0.5, 0.6) is 11.5 Å². The highest BCUT2D eigenvalue weighted by molar-refractivity contribution is 5.83. The molecule has 0 aliphatic carbocycles. The fourth-order valence-electron chi connectivity index (χ4n) is 1.79. The van der Waals surface area contributed by atoms with E-state index >= 15 is 0 Å². The van der Waals surface area contributed by atoms with Crippen molar-refractivity contribution in [3.63, 3.8) is 0 Å². The number of phenolic OH excluding ortho intramolecular Hbond substituents is 1. The highest BCUT2D eigenvalue weighted by Crippen LogP contribution is 2.23. The summed E-state index contributed by atoms with van der Waals surface area (Å²) >= 11 is 0. The molecule has 0 aliphatic heterocycles. The molecule has 0 aliphatic rings. The van der Waals surface area contributed by atoms with Gasteiger partial charge in [-0.3, -0.25) is 4.79 Å². The molecule has 0 bridgehead atoms. The first-order valence-electron chi connectivity index (χ1n) is 7.06. The van der Waals surface area contributed by atoms with Crippen molar-refractivity contribution < 1.29 is 14.6 Å². The average molecular weight is 313 g/mol. The molecule has 2 aromatic rings. The SMILES string of the molecule is CN(C)c1ccc(/C=N\NC(=O)COc2ccccc2O)cc1. The Morgan fingerprint density at radius 1 is 1.22 bits per heavy atom. The predicted molar refractivity (Wildman–Crippen MR) is 90.1 cm³/mol. The normalized spacial score (nSPS) is 10.5. The second-order valence-electron chi connectivity index (χ2n) is 5.04. The van der Waals surface area contributed by atoms with Gasteiger partial charge in [-0.2, -0.15) is 5.10 Å². The topological polar surface area (TPSA) is 74.2 Å². The molecule has 0 radical (unpaired) electrons. The molecule has 120 valence electrons. The third-order valence-electron chi connectivity index (χ3n) is 3.04. The number of ether oxygens (including phenoxy) is 1. The smallest absolute Gasteiger partial charge is 0.277 e. The van der Waals surface area contributed by atoms with Crippen molar-refractivity contribution in [3.8, 4) is 11.5 Å². The number of hydrogen-bond donors (Lipinski definition) is 2. The van der Waals surface area contributed by atoms with Gasteiger partial charge in [0.15, 0.2) is 18.1 Å². The lowest BCUT2D eigenvalue weighted by molar-refractivity contribution is -0.123. The Labute approximate surface area is 135 Å². The zero-order valence-electron chi connectivity index (χ0n) is 13.1. The largest absolute Gasteiger partial charge is 0.504 e. The standard InChI is InChI=1S/C17H19N3O3/c1-20(2)14-9-7-13(8-10-14)11-18-19-17(22)12-23-16-6-4-3-5-15(16)21/h3-11,21H,12H2,1-2H3,(H,19,22)/b18-11-. The number of carbonyl (C=O) groups is 1. The zero-order valence-corrected chi connectivity index (χ0v) is 13.1. The number of benzene rings is 2. The first kappa shape index (κ1) is 16.4. The average Bonchev–Trinajstić information content (AvgIpc) is 2.54. The summed E-state index contributed by atoms with van der Waals surface area (Å²) < 4.78 is 5.20. The summed E-state index contributed by atoms with van der Waals surface area (Å²) in [4.78, 5) is 13.6. The number of hydrogen-bond acceptors (Lipinski definition) is 5. The minimum Gasteiger partial charge on any atom is -0.504 e. The molecule has 6 heteroatoms. The molecule has 0 aromatic heterocycles. The molecule has 0 saturated heterocycles. The fourth-order valence-corrected chi connectivity index (χ4v) is 1.79. The molecule has 0 heterocycles. The number of nitrogens with one attached hydrogen (secondary N) is 1. The molecule has 6 nitrogen and oxygen atoms in total. The highest BCUT2D eigenvalue weighted by Gasteiger charge is 2.04. The summed E-state index contributed by atoms with van der Waals surface area (Å²) in [5.41, 5.74) is 4.33. The lowest BCUT2D eigenvalue weighted by atomic mass is 10.2. The van der Waals surface area contributed by atoms with Crippen molar-refractivity contribution in [1.29, 1.82) is 0 Å². The zero-order chi connectivity index (χ0) is 16.7. The van der Waals surface area contributed by atoms with Crippen molar-refractivity contribution >= 4 is 17.8 Å². The Kier molecular flexibility index (Phi) is 5.57. The summed E-state index contributed by atoms with van der Waals surface area (Å²) in [5.74, 6) is -0.162. The van der Waals surface area contributed by atoms with Crippen LogP contribution in [0.15, 0.2) is 53.6 Å². The molecule has 0 saturated carbocycles. The Balaban J connectivity index is 1.80. The molecule has 0 spiro atoms. The van der Waals surface area contributed by atoms with E-state index in [4.69, 9.17) is 4.74 Å². The molecule has 2 aromatic carbocycles. The molecule has 1 amide bonds. The third-order valence-corrected chi connectivity index (χ3v) is 3.04. The van der Waals surface area contributed by atoms with Crippen LogP contribution in [0.3, 0.4) is 0 Å². The number of aromatic hydroxyl groups is 1. The summed E-state index contributed by atoms with van der Waals surface area (Å²) in [7, 11) is 3.93. The lowest BCUT2D eigenvalue weighted by Gasteiger charge is -2.11. The van der Waals surface area contributed by atoms with Crippen LogP contribution in [0, 0.1) is 0 Å². The van der Waals surface area contributed by atoms with E-state index in [1.165, 1.54) is 6.07 Å². The van der Waals surface area contributed by atoms with Gasteiger partial charge in [-0.05, 0) is 29.8 Å². The van der Waals surface area contributed by atoms with E-state index in [9.17, 15) is 9.90 Å². The van der Waals surface area contributed by atoms with Gasteiger partial charge < -0.3 is 14.7 Å². The van der Waals surface area contributed by atoms with E-state index in [2.05, 4.69) is 10.5 Å². The first-order chi connectivity index (χ1) is 11.1. The minimum absolute atomic E-state index is 0.00946. The molecular weight excluding hydrogens is 294 g/mol. The predicted octanol–water partition coefficient (Wildman–Crippen LogP) is 1.99. The maximum Gasteiger partial charge on any atom is 0.277 e. The number of rotatable bonds is 6. The van der Waals surface area contributed by atoms with E-state index in [-0.39, 0.29) is 18.1 Å². The second-order valence-corrected chi connectivity index (χ2v) is 5.04. The number of amides is 1. The van der Waals surface area contributed by atoms with Crippen LogP contribution in [-0.4, -0.2) is 37.9 Å². The summed E-state index contributed by atoms with van der Waals surface area (Å²) in [6.07, 6.45) is 1.55. The van der Waals surface area contributed by atoms with Crippen molar-refractivity contribution in [2.24, 2.45) is 5.10 Å². The lowest BCUT2D eigenvalue weighted by Crippen LogP contribution is -2.24. The molecule has 2 N–H and O–H groups in total. The van der Waals surface area contributed by atoms with Gasteiger partial charge in [0.2, 0.25) is 0 Å². The van der Waals surface area contributed by atoms with Crippen LogP contribution >= 0.6 is 0 Å². The van der Waals surface area contributed by atoms with Gasteiger partial charge in [0.1, 0.15) is 0 Å². The van der Waals surface area contributed by atoms with Gasteiger partial charge in [-0.25, -0.2) is 5.43 Å². The third kappa shape index (κ3) is 5.03. The maximum absolute atomic E-state index is 11.6.